The van der Waals surface area contributed by atoms with E-state index < -0.39 is 0 Å². The van der Waals surface area contributed by atoms with Crippen LogP contribution in [0.2, 0.25) is 0 Å². The second-order valence-corrected chi connectivity index (χ2v) is 4.51. The van der Waals surface area contributed by atoms with Crippen molar-refractivity contribution in [2.75, 3.05) is 13.7 Å². The zero-order valence-corrected chi connectivity index (χ0v) is 10.4. The number of nitrogens with two attached hydrogens (primary N) is 1. The molecule has 0 atom stereocenters. The highest BCUT2D eigenvalue weighted by molar-refractivity contribution is 5.47. The molecule has 0 aliphatic heterocycles. The molecule has 2 rings (SSSR count). The molecule has 1 aliphatic rings. The molecule has 1 aromatic rings. The lowest BCUT2D eigenvalue weighted by molar-refractivity contribution is 0.279. The highest BCUT2D eigenvalue weighted by Crippen LogP contribution is 2.37. The Kier molecular flexibility index (Phi) is 4.26. The molecule has 1 saturated carbocycles. The second-order valence-electron chi connectivity index (χ2n) is 4.51. The van der Waals surface area contributed by atoms with E-state index in [1.54, 1.807) is 7.11 Å². The van der Waals surface area contributed by atoms with Gasteiger partial charge in [0.15, 0.2) is 11.5 Å². The normalized spacial score (nSPS) is 14.7. The van der Waals surface area contributed by atoms with Crippen molar-refractivity contribution in [2.45, 2.75) is 38.2 Å². The average molecular weight is 235 g/mol. The number of hydrogen-bond donors (Lipinski definition) is 1. The molecule has 0 heterocycles. The number of hydrogen-bond acceptors (Lipinski definition) is 3. The lowest BCUT2D eigenvalue weighted by Crippen LogP contribution is -2.03. The minimum atomic E-state index is 0.402. The summed E-state index contributed by atoms with van der Waals surface area (Å²) in [5.74, 6) is 1.79. The lowest BCUT2D eigenvalue weighted by atomic mass is 10.1. The first kappa shape index (κ1) is 12.2. The summed E-state index contributed by atoms with van der Waals surface area (Å²) in [6.45, 7) is 0.753. The van der Waals surface area contributed by atoms with Crippen LogP contribution in [0.4, 0.5) is 0 Å². The number of unbranched alkanes of at least 4 members (excludes halogenated alkanes) is 1. The summed E-state index contributed by atoms with van der Waals surface area (Å²) in [6.07, 6.45) is 5.90. The highest BCUT2D eigenvalue weighted by Gasteiger charge is 2.26. The fraction of sp³-hybridized carbons (Fsp3) is 0.571. The summed E-state index contributed by atoms with van der Waals surface area (Å²) in [5.41, 5.74) is 6.76. The van der Waals surface area contributed by atoms with E-state index in [0.717, 1.165) is 37.3 Å². The van der Waals surface area contributed by atoms with Gasteiger partial charge in [-0.25, -0.2) is 0 Å². The molecule has 94 valence electrons. The van der Waals surface area contributed by atoms with Gasteiger partial charge < -0.3 is 15.2 Å². The number of ether oxygens (including phenoxy) is 2. The minimum absolute atomic E-state index is 0.402. The van der Waals surface area contributed by atoms with Gasteiger partial charge in [-0.2, -0.15) is 0 Å². The zero-order chi connectivity index (χ0) is 12.1. The van der Waals surface area contributed by atoms with E-state index in [1.165, 1.54) is 18.4 Å². The van der Waals surface area contributed by atoms with Crippen LogP contribution in [0.25, 0.3) is 0 Å². The second kappa shape index (κ2) is 5.92. The Hall–Kier alpha value is -1.22. The van der Waals surface area contributed by atoms with Crippen LogP contribution in [0.15, 0.2) is 18.2 Å². The van der Waals surface area contributed by atoms with E-state index >= 15 is 0 Å². The van der Waals surface area contributed by atoms with Gasteiger partial charge in [-0.1, -0.05) is 12.1 Å². The maximum Gasteiger partial charge on any atom is 0.164 e. The van der Waals surface area contributed by atoms with Crippen molar-refractivity contribution in [3.05, 3.63) is 23.8 Å². The Bertz CT molecular complexity index is 361. The zero-order valence-electron chi connectivity index (χ0n) is 10.4. The third-order valence-electron chi connectivity index (χ3n) is 2.99. The van der Waals surface area contributed by atoms with E-state index in [9.17, 15) is 0 Å². The molecular formula is C14H21NO2. The SMILES string of the molecule is COc1cccc(CCCCN)c1OC1CC1. The average Bonchev–Trinajstić information content (AvgIpc) is 3.15. The van der Waals surface area contributed by atoms with Crippen molar-refractivity contribution in [1.82, 2.24) is 0 Å². The van der Waals surface area contributed by atoms with Gasteiger partial charge in [0.25, 0.3) is 0 Å². The molecule has 0 aromatic heterocycles. The molecule has 1 fully saturated rings. The van der Waals surface area contributed by atoms with E-state index in [1.807, 2.05) is 12.1 Å². The van der Waals surface area contributed by atoms with Crippen LogP contribution >= 0.6 is 0 Å². The smallest absolute Gasteiger partial charge is 0.164 e. The first-order valence-electron chi connectivity index (χ1n) is 6.37. The largest absolute Gasteiger partial charge is 0.493 e. The van der Waals surface area contributed by atoms with Crippen molar-refractivity contribution >= 4 is 0 Å². The minimum Gasteiger partial charge on any atom is -0.493 e. The molecule has 0 amide bonds. The highest BCUT2D eigenvalue weighted by atomic mass is 16.5. The van der Waals surface area contributed by atoms with Crippen molar-refractivity contribution in [3.63, 3.8) is 0 Å². The van der Waals surface area contributed by atoms with E-state index in [2.05, 4.69) is 6.07 Å². The molecule has 0 radical (unpaired) electrons. The molecule has 1 aliphatic carbocycles. The van der Waals surface area contributed by atoms with Crippen LogP contribution in [0.1, 0.15) is 31.2 Å². The number of benzene rings is 1. The maximum atomic E-state index is 5.95. The lowest BCUT2D eigenvalue weighted by Gasteiger charge is -2.14. The van der Waals surface area contributed by atoms with Crippen LogP contribution in [-0.2, 0) is 6.42 Å². The van der Waals surface area contributed by atoms with Crippen LogP contribution in [0.5, 0.6) is 11.5 Å². The van der Waals surface area contributed by atoms with Gasteiger partial charge in [0.05, 0.1) is 13.2 Å². The van der Waals surface area contributed by atoms with Gasteiger partial charge in [0, 0.05) is 0 Å². The predicted octanol–water partition coefficient (Wildman–Crippen LogP) is 2.52. The van der Waals surface area contributed by atoms with Gasteiger partial charge >= 0.3 is 0 Å². The monoisotopic (exact) mass is 235 g/mol. The summed E-state index contributed by atoms with van der Waals surface area (Å²) in [6, 6.07) is 6.11. The van der Waals surface area contributed by atoms with Crippen LogP contribution < -0.4 is 15.2 Å². The Morgan fingerprint density at radius 1 is 1.29 bits per heavy atom. The molecule has 0 bridgehead atoms. The Labute approximate surface area is 103 Å². The molecule has 2 N–H and O–H groups in total. The molecular weight excluding hydrogens is 214 g/mol. The Morgan fingerprint density at radius 2 is 2.12 bits per heavy atom. The van der Waals surface area contributed by atoms with Gasteiger partial charge in [-0.15, -0.1) is 0 Å². The topological polar surface area (TPSA) is 44.5 Å². The summed E-state index contributed by atoms with van der Waals surface area (Å²) in [5, 5.41) is 0. The summed E-state index contributed by atoms with van der Waals surface area (Å²) in [7, 11) is 1.69. The van der Waals surface area contributed by atoms with E-state index in [4.69, 9.17) is 15.2 Å². The quantitative estimate of drug-likeness (QED) is 0.739. The van der Waals surface area contributed by atoms with E-state index in [-0.39, 0.29) is 0 Å². The molecule has 0 unspecified atom stereocenters. The van der Waals surface area contributed by atoms with Gasteiger partial charge in [-0.3, -0.25) is 0 Å². The van der Waals surface area contributed by atoms with E-state index in [0.29, 0.717) is 6.10 Å². The van der Waals surface area contributed by atoms with Gasteiger partial charge in [-0.05, 0) is 50.3 Å². The third kappa shape index (κ3) is 3.37. The fourth-order valence-corrected chi connectivity index (χ4v) is 1.86. The van der Waals surface area contributed by atoms with Crippen molar-refractivity contribution in [2.24, 2.45) is 5.73 Å². The van der Waals surface area contributed by atoms with Crippen LogP contribution in [0, 0.1) is 0 Å². The molecule has 0 spiro atoms. The van der Waals surface area contributed by atoms with Crippen LogP contribution in [0.3, 0.4) is 0 Å². The maximum absolute atomic E-state index is 5.95. The summed E-state index contributed by atoms with van der Waals surface area (Å²) < 4.78 is 11.3. The first-order valence-corrected chi connectivity index (χ1v) is 6.37. The molecule has 1 aromatic carbocycles. The summed E-state index contributed by atoms with van der Waals surface area (Å²) in [4.78, 5) is 0. The Balaban J connectivity index is 2.10. The molecule has 3 heteroatoms. The molecule has 0 saturated heterocycles. The standard InChI is InChI=1S/C14H21NO2/c1-16-13-7-4-6-11(5-2-3-10-15)14(13)17-12-8-9-12/h4,6-7,12H,2-3,5,8-10,15H2,1H3. The fourth-order valence-electron chi connectivity index (χ4n) is 1.86. The molecule has 3 nitrogen and oxygen atoms in total. The first-order chi connectivity index (χ1) is 8.35. The van der Waals surface area contributed by atoms with Crippen LogP contribution in [-0.4, -0.2) is 19.8 Å². The number of para-hydroxylation sites is 1. The third-order valence-corrected chi connectivity index (χ3v) is 2.99. The molecule has 17 heavy (non-hydrogen) atoms. The summed E-state index contributed by atoms with van der Waals surface area (Å²) >= 11 is 0. The number of rotatable bonds is 7. The Morgan fingerprint density at radius 3 is 2.76 bits per heavy atom. The van der Waals surface area contributed by atoms with Crippen molar-refractivity contribution in [3.8, 4) is 11.5 Å². The van der Waals surface area contributed by atoms with Crippen molar-refractivity contribution in [1.29, 1.82) is 0 Å². The predicted molar refractivity (Wildman–Crippen MR) is 68.6 cm³/mol. The van der Waals surface area contributed by atoms with Crippen molar-refractivity contribution < 1.29 is 9.47 Å². The van der Waals surface area contributed by atoms with Gasteiger partial charge in [0.2, 0.25) is 0 Å². The number of aryl methyl sites for hydroxylation is 1. The number of methoxy groups -OCH3 is 1. The van der Waals surface area contributed by atoms with Gasteiger partial charge in [0.1, 0.15) is 0 Å².